The maximum absolute atomic E-state index is 13.1. The Bertz CT molecular complexity index is 1570. The van der Waals surface area contributed by atoms with Crippen LogP contribution in [-0.2, 0) is 21.4 Å². The number of carbonyl (C=O) groups is 1. The van der Waals surface area contributed by atoms with E-state index in [1.165, 1.54) is 0 Å². The SMILES string of the molecule is COc1ccc2ccc(S(=O)(=O)N[C@H]3CCN(Cc4cc5c(N)nccc5cc4C)C3=O)cc2c1. The number of nitrogen functional groups attached to an aromatic ring is 1. The molecule has 1 fully saturated rings. The molecule has 0 radical (unpaired) electrons. The molecule has 35 heavy (non-hydrogen) atoms. The summed E-state index contributed by atoms with van der Waals surface area (Å²) in [6.45, 7) is 2.82. The van der Waals surface area contributed by atoms with Crippen LogP contribution in [0.3, 0.4) is 0 Å². The van der Waals surface area contributed by atoms with E-state index in [0.717, 1.165) is 32.7 Å². The van der Waals surface area contributed by atoms with Crippen LogP contribution >= 0.6 is 0 Å². The van der Waals surface area contributed by atoms with E-state index in [9.17, 15) is 13.2 Å². The fourth-order valence-electron chi connectivity index (χ4n) is 4.54. The van der Waals surface area contributed by atoms with Gasteiger partial charge in [0.25, 0.3) is 0 Å². The Labute approximate surface area is 203 Å². The summed E-state index contributed by atoms with van der Waals surface area (Å²) in [5, 5.41) is 3.47. The maximum Gasteiger partial charge on any atom is 0.241 e. The molecule has 9 heteroatoms. The number of amides is 1. The lowest BCUT2D eigenvalue weighted by molar-refractivity contribution is -0.129. The normalized spacial score (nSPS) is 16.3. The van der Waals surface area contributed by atoms with Gasteiger partial charge in [-0.25, -0.2) is 13.4 Å². The highest BCUT2D eigenvalue weighted by Crippen LogP contribution is 2.27. The van der Waals surface area contributed by atoms with Crippen molar-refractivity contribution in [3.63, 3.8) is 0 Å². The van der Waals surface area contributed by atoms with Crippen molar-refractivity contribution in [3.8, 4) is 5.75 Å². The van der Waals surface area contributed by atoms with Gasteiger partial charge < -0.3 is 15.4 Å². The second-order valence-electron chi connectivity index (χ2n) is 8.79. The van der Waals surface area contributed by atoms with E-state index >= 15 is 0 Å². The standard InChI is InChI=1S/C26H26N4O4S/c1-16-11-18-7-9-28-25(27)23(18)14-20(16)15-30-10-8-24(26(30)31)29-35(32,33)22-6-4-17-3-5-21(34-2)12-19(17)13-22/h3-7,9,11-14,24,29H,8,10,15H2,1-2H3,(H2,27,28)/t24-/m0/s1. The number of likely N-dealkylation sites (tertiary alicyclic amines) is 1. The van der Waals surface area contributed by atoms with Crippen LogP contribution in [0.2, 0.25) is 0 Å². The van der Waals surface area contributed by atoms with Crippen LogP contribution in [-0.4, -0.2) is 43.9 Å². The molecular weight excluding hydrogens is 464 g/mol. The second kappa shape index (κ2) is 8.83. The zero-order valence-corrected chi connectivity index (χ0v) is 20.3. The topological polar surface area (TPSA) is 115 Å². The molecular formula is C26H26N4O4S. The summed E-state index contributed by atoms with van der Waals surface area (Å²) in [5.74, 6) is 0.841. The number of aryl methyl sites for hydroxylation is 1. The number of pyridine rings is 1. The van der Waals surface area contributed by atoms with Crippen molar-refractivity contribution in [1.82, 2.24) is 14.6 Å². The molecule has 8 nitrogen and oxygen atoms in total. The highest BCUT2D eigenvalue weighted by molar-refractivity contribution is 7.89. The fourth-order valence-corrected chi connectivity index (χ4v) is 5.79. The zero-order chi connectivity index (χ0) is 24.7. The average Bonchev–Trinajstić information content (AvgIpc) is 3.17. The minimum absolute atomic E-state index is 0.109. The molecule has 2 heterocycles. The number of methoxy groups -OCH3 is 1. The molecule has 3 N–H and O–H groups in total. The molecule has 1 aromatic heterocycles. The number of nitrogens with one attached hydrogen (secondary N) is 1. The first-order chi connectivity index (χ1) is 16.7. The highest BCUT2D eigenvalue weighted by atomic mass is 32.2. The van der Waals surface area contributed by atoms with Gasteiger partial charge in [-0.2, -0.15) is 4.72 Å². The van der Waals surface area contributed by atoms with Crippen LogP contribution in [0.4, 0.5) is 5.82 Å². The number of carbonyl (C=O) groups excluding carboxylic acids is 1. The minimum Gasteiger partial charge on any atom is -0.497 e. The quantitative estimate of drug-likeness (QED) is 0.428. The number of hydrogen-bond acceptors (Lipinski definition) is 6. The number of nitrogens with zero attached hydrogens (tertiary/aromatic N) is 2. The molecule has 5 rings (SSSR count). The average molecular weight is 491 g/mol. The summed E-state index contributed by atoms with van der Waals surface area (Å²) in [5.41, 5.74) is 8.02. The largest absolute Gasteiger partial charge is 0.497 e. The maximum atomic E-state index is 13.1. The molecule has 0 bridgehead atoms. The zero-order valence-electron chi connectivity index (χ0n) is 19.5. The molecule has 0 unspecified atom stereocenters. The molecule has 0 spiro atoms. The Balaban J connectivity index is 1.34. The van der Waals surface area contributed by atoms with Crippen molar-refractivity contribution in [2.75, 3.05) is 19.4 Å². The lowest BCUT2D eigenvalue weighted by atomic mass is 10.0. The van der Waals surface area contributed by atoms with Crippen LogP contribution < -0.4 is 15.2 Å². The van der Waals surface area contributed by atoms with E-state index < -0.39 is 16.1 Å². The number of sulfonamides is 1. The summed E-state index contributed by atoms with van der Waals surface area (Å²) in [4.78, 5) is 19.0. The summed E-state index contributed by atoms with van der Waals surface area (Å²) in [6, 6.07) is 15.4. The van der Waals surface area contributed by atoms with E-state index in [1.807, 2.05) is 37.3 Å². The number of hydrogen-bond donors (Lipinski definition) is 2. The molecule has 0 aliphatic carbocycles. The number of ether oxygens (including phenoxy) is 1. The van der Waals surface area contributed by atoms with E-state index in [-0.39, 0.29) is 10.8 Å². The van der Waals surface area contributed by atoms with Gasteiger partial charge in [-0.3, -0.25) is 4.79 Å². The van der Waals surface area contributed by atoms with Gasteiger partial charge in [-0.1, -0.05) is 18.2 Å². The monoisotopic (exact) mass is 490 g/mol. The number of aromatic nitrogens is 1. The predicted octanol–water partition coefficient (Wildman–Crippen LogP) is 3.37. The number of benzene rings is 3. The lowest BCUT2D eigenvalue weighted by Crippen LogP contribution is -2.41. The third kappa shape index (κ3) is 4.40. The summed E-state index contributed by atoms with van der Waals surface area (Å²) < 4.78 is 34.0. The lowest BCUT2D eigenvalue weighted by Gasteiger charge is -2.19. The van der Waals surface area contributed by atoms with Gasteiger partial charge in [-0.15, -0.1) is 0 Å². The second-order valence-corrected chi connectivity index (χ2v) is 10.5. The van der Waals surface area contributed by atoms with Gasteiger partial charge in [0.15, 0.2) is 0 Å². The molecule has 180 valence electrons. The summed E-state index contributed by atoms with van der Waals surface area (Å²) in [6.07, 6.45) is 2.07. The van der Waals surface area contributed by atoms with Crippen molar-refractivity contribution in [2.24, 2.45) is 0 Å². The van der Waals surface area contributed by atoms with Crippen molar-refractivity contribution in [3.05, 3.63) is 71.9 Å². The van der Waals surface area contributed by atoms with Crippen LogP contribution in [0.15, 0.2) is 65.7 Å². The minimum atomic E-state index is -3.89. The molecule has 1 saturated heterocycles. The number of rotatable bonds is 6. The first-order valence-corrected chi connectivity index (χ1v) is 12.8. The van der Waals surface area contributed by atoms with Gasteiger partial charge in [0, 0.05) is 24.7 Å². The molecule has 1 atom stereocenters. The summed E-state index contributed by atoms with van der Waals surface area (Å²) in [7, 11) is -2.33. The molecule has 1 aliphatic rings. The van der Waals surface area contributed by atoms with Gasteiger partial charge in [0.2, 0.25) is 15.9 Å². The Kier molecular flexibility index (Phi) is 5.82. The van der Waals surface area contributed by atoms with Gasteiger partial charge in [-0.05, 0) is 77.0 Å². The Hall–Kier alpha value is -3.69. The van der Waals surface area contributed by atoms with Crippen molar-refractivity contribution >= 4 is 43.3 Å². The summed E-state index contributed by atoms with van der Waals surface area (Å²) >= 11 is 0. The third-order valence-electron chi connectivity index (χ3n) is 6.54. The van der Waals surface area contributed by atoms with E-state index in [1.54, 1.807) is 42.5 Å². The first kappa shape index (κ1) is 23.1. The third-order valence-corrected chi connectivity index (χ3v) is 8.01. The smallest absolute Gasteiger partial charge is 0.241 e. The molecule has 3 aromatic carbocycles. The molecule has 0 saturated carbocycles. The Morgan fingerprint density at radius 1 is 1.09 bits per heavy atom. The first-order valence-electron chi connectivity index (χ1n) is 11.3. The van der Waals surface area contributed by atoms with Crippen molar-refractivity contribution in [1.29, 1.82) is 0 Å². The predicted molar refractivity (Wildman–Crippen MR) is 136 cm³/mol. The van der Waals surface area contributed by atoms with E-state index in [0.29, 0.717) is 31.1 Å². The number of fused-ring (bicyclic) bond motifs is 2. The molecule has 1 aliphatic heterocycles. The van der Waals surface area contributed by atoms with Crippen molar-refractivity contribution < 1.29 is 17.9 Å². The van der Waals surface area contributed by atoms with Crippen LogP contribution in [0.5, 0.6) is 5.75 Å². The van der Waals surface area contributed by atoms with E-state index in [4.69, 9.17) is 10.5 Å². The molecule has 4 aromatic rings. The number of anilines is 1. The Morgan fingerprint density at radius 2 is 1.89 bits per heavy atom. The number of nitrogens with two attached hydrogens (primary N) is 1. The Morgan fingerprint density at radius 3 is 2.69 bits per heavy atom. The van der Waals surface area contributed by atoms with Crippen LogP contribution in [0, 0.1) is 6.92 Å². The van der Waals surface area contributed by atoms with Gasteiger partial charge in [0.1, 0.15) is 17.6 Å². The van der Waals surface area contributed by atoms with Crippen LogP contribution in [0.25, 0.3) is 21.5 Å². The molecule has 1 amide bonds. The van der Waals surface area contributed by atoms with Gasteiger partial charge in [0.05, 0.1) is 12.0 Å². The van der Waals surface area contributed by atoms with Crippen LogP contribution in [0.1, 0.15) is 17.5 Å². The highest BCUT2D eigenvalue weighted by Gasteiger charge is 2.35. The van der Waals surface area contributed by atoms with Crippen molar-refractivity contribution in [2.45, 2.75) is 30.8 Å². The van der Waals surface area contributed by atoms with E-state index in [2.05, 4.69) is 9.71 Å². The fraction of sp³-hybridized carbons (Fsp3) is 0.231. The van der Waals surface area contributed by atoms with Gasteiger partial charge >= 0.3 is 0 Å².